The maximum Gasteiger partial charge on any atom is 0.269 e. The topological polar surface area (TPSA) is 63.2 Å². The van der Waals surface area contributed by atoms with Crippen molar-refractivity contribution in [3.05, 3.63) is 24.0 Å². The van der Waals surface area contributed by atoms with Gasteiger partial charge in [-0.3, -0.25) is 4.79 Å². The van der Waals surface area contributed by atoms with Crippen LogP contribution in [0.2, 0.25) is 0 Å². The standard InChI is InChI=1S/C14H21N3O2/c1-2-15-12-5-6-13(17-9-12)14(18)16-7-8-19-10-11-3-4-11/h5-6,9,11,15H,2-4,7-8,10H2,1H3,(H,16,18). The Labute approximate surface area is 113 Å². The Bertz CT molecular complexity index is 402. The second-order valence-electron chi connectivity index (χ2n) is 4.74. The van der Waals surface area contributed by atoms with Gasteiger partial charge in [0, 0.05) is 19.7 Å². The first-order valence-electron chi connectivity index (χ1n) is 6.85. The zero-order chi connectivity index (χ0) is 13.5. The van der Waals surface area contributed by atoms with E-state index < -0.39 is 0 Å². The number of nitrogens with zero attached hydrogens (tertiary/aromatic N) is 1. The average molecular weight is 263 g/mol. The predicted octanol–water partition coefficient (Wildman–Crippen LogP) is 1.67. The highest BCUT2D eigenvalue weighted by atomic mass is 16.5. The zero-order valence-electron chi connectivity index (χ0n) is 11.3. The van der Waals surface area contributed by atoms with Gasteiger partial charge in [-0.25, -0.2) is 4.98 Å². The number of ether oxygens (including phenoxy) is 1. The first kappa shape index (κ1) is 13.8. The van der Waals surface area contributed by atoms with Crippen molar-refractivity contribution in [2.75, 3.05) is 31.6 Å². The fourth-order valence-electron chi connectivity index (χ4n) is 1.70. The molecule has 0 aliphatic heterocycles. The zero-order valence-corrected chi connectivity index (χ0v) is 11.3. The fraction of sp³-hybridized carbons (Fsp3) is 0.571. The third-order valence-corrected chi connectivity index (χ3v) is 2.96. The highest BCUT2D eigenvalue weighted by molar-refractivity contribution is 5.92. The number of hydrogen-bond donors (Lipinski definition) is 2. The highest BCUT2D eigenvalue weighted by Crippen LogP contribution is 2.28. The maximum atomic E-state index is 11.8. The number of carbonyl (C=O) groups is 1. The Kier molecular flexibility index (Phi) is 5.15. The molecule has 1 aromatic rings. The SMILES string of the molecule is CCNc1ccc(C(=O)NCCOCC2CC2)nc1. The van der Waals surface area contributed by atoms with Crippen LogP contribution in [0.25, 0.3) is 0 Å². The molecule has 1 saturated carbocycles. The van der Waals surface area contributed by atoms with Crippen molar-refractivity contribution in [1.29, 1.82) is 0 Å². The molecule has 0 saturated heterocycles. The maximum absolute atomic E-state index is 11.8. The van der Waals surface area contributed by atoms with Gasteiger partial charge in [-0.15, -0.1) is 0 Å². The molecule has 19 heavy (non-hydrogen) atoms. The van der Waals surface area contributed by atoms with Crippen molar-refractivity contribution in [2.45, 2.75) is 19.8 Å². The summed E-state index contributed by atoms with van der Waals surface area (Å²) in [4.78, 5) is 15.9. The van der Waals surface area contributed by atoms with E-state index in [4.69, 9.17) is 4.74 Å². The second kappa shape index (κ2) is 7.09. The van der Waals surface area contributed by atoms with Gasteiger partial charge in [-0.1, -0.05) is 0 Å². The summed E-state index contributed by atoms with van der Waals surface area (Å²) in [5.74, 6) is 0.606. The Balaban J connectivity index is 1.66. The summed E-state index contributed by atoms with van der Waals surface area (Å²) in [5, 5.41) is 5.93. The van der Waals surface area contributed by atoms with Crippen LogP contribution in [0.15, 0.2) is 18.3 Å². The number of pyridine rings is 1. The molecule has 104 valence electrons. The number of anilines is 1. The third-order valence-electron chi connectivity index (χ3n) is 2.96. The predicted molar refractivity (Wildman–Crippen MR) is 74.3 cm³/mol. The molecule has 2 N–H and O–H groups in total. The summed E-state index contributed by atoms with van der Waals surface area (Å²) in [5.41, 5.74) is 1.36. The van der Waals surface area contributed by atoms with Crippen LogP contribution in [0.1, 0.15) is 30.3 Å². The van der Waals surface area contributed by atoms with Gasteiger partial charge >= 0.3 is 0 Å². The molecule has 5 nitrogen and oxygen atoms in total. The number of carbonyl (C=O) groups excluding carboxylic acids is 1. The van der Waals surface area contributed by atoms with Crippen LogP contribution >= 0.6 is 0 Å². The molecule has 0 aromatic carbocycles. The van der Waals surface area contributed by atoms with Crippen molar-refractivity contribution in [2.24, 2.45) is 5.92 Å². The summed E-state index contributed by atoms with van der Waals surface area (Å²) in [7, 11) is 0. The van der Waals surface area contributed by atoms with Crippen LogP contribution in [0.5, 0.6) is 0 Å². The van der Waals surface area contributed by atoms with Gasteiger partial charge < -0.3 is 15.4 Å². The van der Waals surface area contributed by atoms with E-state index in [2.05, 4.69) is 15.6 Å². The summed E-state index contributed by atoms with van der Waals surface area (Å²) in [6.45, 7) is 4.78. The molecule has 1 aromatic heterocycles. The molecule has 1 amide bonds. The van der Waals surface area contributed by atoms with E-state index in [-0.39, 0.29) is 5.91 Å². The second-order valence-corrected chi connectivity index (χ2v) is 4.74. The van der Waals surface area contributed by atoms with Crippen LogP contribution in [0.3, 0.4) is 0 Å². The Morgan fingerprint density at radius 1 is 1.47 bits per heavy atom. The number of hydrogen-bond acceptors (Lipinski definition) is 4. The molecule has 1 aliphatic rings. The quantitative estimate of drug-likeness (QED) is 0.700. The smallest absolute Gasteiger partial charge is 0.269 e. The van der Waals surface area contributed by atoms with Gasteiger partial charge in [0.2, 0.25) is 0 Å². The van der Waals surface area contributed by atoms with Crippen LogP contribution in [0, 0.1) is 5.92 Å². The van der Waals surface area contributed by atoms with Gasteiger partial charge in [-0.2, -0.15) is 0 Å². The minimum absolute atomic E-state index is 0.155. The molecule has 0 spiro atoms. The fourth-order valence-corrected chi connectivity index (χ4v) is 1.70. The van der Waals surface area contributed by atoms with Crippen LogP contribution in [-0.2, 0) is 4.74 Å². The van der Waals surface area contributed by atoms with Crippen LogP contribution in [-0.4, -0.2) is 37.2 Å². The largest absolute Gasteiger partial charge is 0.384 e. The summed E-state index contributed by atoms with van der Waals surface area (Å²) in [6.07, 6.45) is 4.24. The van der Waals surface area contributed by atoms with Gasteiger partial charge in [0.1, 0.15) is 5.69 Å². The minimum Gasteiger partial charge on any atom is -0.384 e. The lowest BCUT2D eigenvalue weighted by atomic mass is 10.3. The number of nitrogens with one attached hydrogen (secondary N) is 2. The molecule has 2 rings (SSSR count). The van der Waals surface area contributed by atoms with E-state index in [1.54, 1.807) is 12.3 Å². The van der Waals surface area contributed by atoms with E-state index in [0.717, 1.165) is 24.8 Å². The molecule has 1 fully saturated rings. The van der Waals surface area contributed by atoms with Crippen LogP contribution < -0.4 is 10.6 Å². The van der Waals surface area contributed by atoms with E-state index >= 15 is 0 Å². The Morgan fingerprint density at radius 3 is 2.95 bits per heavy atom. The monoisotopic (exact) mass is 263 g/mol. The highest BCUT2D eigenvalue weighted by Gasteiger charge is 2.20. The molecular formula is C14H21N3O2. The van der Waals surface area contributed by atoms with Crippen molar-refractivity contribution in [3.63, 3.8) is 0 Å². The molecule has 0 bridgehead atoms. The normalized spacial score (nSPS) is 14.2. The average Bonchev–Trinajstić information content (AvgIpc) is 3.23. The van der Waals surface area contributed by atoms with Gasteiger partial charge in [0.05, 0.1) is 18.5 Å². The number of amides is 1. The summed E-state index contributed by atoms with van der Waals surface area (Å²) < 4.78 is 5.45. The molecule has 0 atom stereocenters. The molecule has 0 radical (unpaired) electrons. The Hall–Kier alpha value is -1.62. The summed E-state index contributed by atoms with van der Waals surface area (Å²) in [6, 6.07) is 3.58. The lowest BCUT2D eigenvalue weighted by Gasteiger charge is -2.06. The van der Waals surface area contributed by atoms with Crippen molar-refractivity contribution < 1.29 is 9.53 Å². The molecule has 1 heterocycles. The lowest BCUT2D eigenvalue weighted by molar-refractivity contribution is 0.0902. The van der Waals surface area contributed by atoms with Crippen LogP contribution in [0.4, 0.5) is 5.69 Å². The van der Waals surface area contributed by atoms with Crippen molar-refractivity contribution >= 4 is 11.6 Å². The van der Waals surface area contributed by atoms with Gasteiger partial charge in [0.15, 0.2) is 0 Å². The van der Waals surface area contributed by atoms with E-state index in [9.17, 15) is 4.79 Å². The van der Waals surface area contributed by atoms with Gasteiger partial charge in [0.25, 0.3) is 5.91 Å². The number of rotatable bonds is 8. The molecule has 0 unspecified atom stereocenters. The van der Waals surface area contributed by atoms with E-state index in [1.807, 2.05) is 13.0 Å². The summed E-state index contributed by atoms with van der Waals surface area (Å²) >= 11 is 0. The molecule has 5 heteroatoms. The minimum atomic E-state index is -0.155. The number of aromatic nitrogens is 1. The van der Waals surface area contributed by atoms with Crippen molar-refractivity contribution in [1.82, 2.24) is 10.3 Å². The lowest BCUT2D eigenvalue weighted by Crippen LogP contribution is -2.28. The molecule has 1 aliphatic carbocycles. The van der Waals surface area contributed by atoms with Gasteiger partial charge in [-0.05, 0) is 37.8 Å². The van der Waals surface area contributed by atoms with E-state index in [0.29, 0.717) is 18.8 Å². The first-order valence-corrected chi connectivity index (χ1v) is 6.85. The van der Waals surface area contributed by atoms with Crippen molar-refractivity contribution in [3.8, 4) is 0 Å². The van der Waals surface area contributed by atoms with E-state index in [1.165, 1.54) is 12.8 Å². The first-order chi connectivity index (χ1) is 9.29. The third kappa shape index (κ3) is 4.87. The molecular weight excluding hydrogens is 242 g/mol. The Morgan fingerprint density at radius 2 is 2.32 bits per heavy atom.